The molecule has 0 aromatic heterocycles. The first kappa shape index (κ1) is 14.4. The van der Waals surface area contributed by atoms with E-state index in [0.29, 0.717) is 13.2 Å². The second-order valence-corrected chi connectivity index (χ2v) is 6.08. The molecule has 0 saturated carbocycles. The molecule has 0 unspecified atom stereocenters. The Balaban J connectivity index is 3.67. The number of alkyl halides is 1. The summed E-state index contributed by atoms with van der Waals surface area (Å²) in [4.78, 5) is -0.746. The molecule has 2 nitrogen and oxygen atoms in total. The molecule has 0 aliphatic heterocycles. The van der Waals surface area contributed by atoms with Crippen LogP contribution >= 0.6 is 11.6 Å². The van der Waals surface area contributed by atoms with Crippen molar-refractivity contribution in [2.24, 2.45) is 0 Å². The topological polar surface area (TPSA) is 18.5 Å². The van der Waals surface area contributed by atoms with Gasteiger partial charge in [-0.1, -0.05) is 44.8 Å². The number of unbranched alkanes of at least 4 members (excludes halogenated alkanes) is 2. The molecular formula is C10H23ClO2Si. The number of hydrogen-bond acceptors (Lipinski definition) is 2. The minimum atomic E-state index is -0.746. The van der Waals surface area contributed by atoms with Crippen molar-refractivity contribution in [3.63, 3.8) is 0 Å². The van der Waals surface area contributed by atoms with E-state index in [2.05, 4.69) is 20.4 Å². The third-order valence-electron chi connectivity index (χ3n) is 2.05. The zero-order valence-corrected chi connectivity index (χ0v) is 11.8. The summed E-state index contributed by atoms with van der Waals surface area (Å²) >= 11 is 6.21. The molecule has 0 aliphatic rings. The lowest BCUT2D eigenvalue weighted by atomic mass is 10.4. The maximum absolute atomic E-state index is 6.21. The third kappa shape index (κ3) is 6.82. The Labute approximate surface area is 95.1 Å². The van der Waals surface area contributed by atoms with Gasteiger partial charge in [0, 0.05) is 0 Å². The minimum absolute atomic E-state index is 0.503. The minimum Gasteiger partial charge on any atom is -0.341 e. The number of ether oxygens (including phenoxy) is 2. The van der Waals surface area contributed by atoms with Gasteiger partial charge in [0.2, 0.25) is 4.87 Å². The Bertz CT molecular complexity index is 123. The van der Waals surface area contributed by atoms with Crippen molar-refractivity contribution in [3.05, 3.63) is 0 Å². The molecule has 0 aromatic carbocycles. The first-order valence-electron chi connectivity index (χ1n) is 5.65. The lowest BCUT2D eigenvalue weighted by Gasteiger charge is -2.26. The zero-order valence-electron chi connectivity index (χ0n) is 9.64. The van der Waals surface area contributed by atoms with Gasteiger partial charge >= 0.3 is 0 Å². The molecule has 0 N–H and O–H groups in total. The van der Waals surface area contributed by atoms with Crippen molar-refractivity contribution in [2.75, 3.05) is 13.2 Å². The number of halogens is 1. The van der Waals surface area contributed by atoms with Crippen molar-refractivity contribution in [3.8, 4) is 0 Å². The highest BCUT2D eigenvalue weighted by Crippen LogP contribution is 2.18. The fourth-order valence-corrected chi connectivity index (χ4v) is 1.83. The highest BCUT2D eigenvalue weighted by Gasteiger charge is 2.25. The van der Waals surface area contributed by atoms with Gasteiger partial charge < -0.3 is 9.47 Å². The molecule has 14 heavy (non-hydrogen) atoms. The molecule has 4 heteroatoms. The average Bonchev–Trinajstić information content (AvgIpc) is 2.19. The van der Waals surface area contributed by atoms with Crippen LogP contribution in [0.5, 0.6) is 0 Å². The first-order valence-corrected chi connectivity index (χ1v) is 8.15. The second kappa shape index (κ2) is 8.71. The lowest BCUT2D eigenvalue weighted by molar-refractivity contribution is -0.124. The molecule has 0 atom stereocenters. The summed E-state index contributed by atoms with van der Waals surface area (Å²) in [7, 11) is -0.503. The fourth-order valence-electron chi connectivity index (χ4n) is 0.984. The fraction of sp³-hybridized carbons (Fsp3) is 1.00. The van der Waals surface area contributed by atoms with Gasteiger partial charge in [-0.2, -0.15) is 0 Å². The monoisotopic (exact) mass is 238 g/mol. The Morgan fingerprint density at radius 1 is 1.07 bits per heavy atom. The summed E-state index contributed by atoms with van der Waals surface area (Å²) in [6, 6.07) is 0. The van der Waals surface area contributed by atoms with E-state index in [9.17, 15) is 0 Å². The van der Waals surface area contributed by atoms with Crippen LogP contribution in [0.4, 0.5) is 0 Å². The van der Waals surface area contributed by atoms with Crippen molar-refractivity contribution in [1.82, 2.24) is 0 Å². The van der Waals surface area contributed by atoms with Crippen molar-refractivity contribution in [1.29, 1.82) is 0 Å². The largest absolute Gasteiger partial charge is 0.341 e. The van der Waals surface area contributed by atoms with E-state index in [1.54, 1.807) is 0 Å². The second-order valence-electron chi connectivity index (χ2n) is 3.42. The van der Waals surface area contributed by atoms with Gasteiger partial charge in [-0.3, -0.25) is 0 Å². The van der Waals surface area contributed by atoms with Crippen LogP contribution in [0.2, 0.25) is 6.55 Å². The summed E-state index contributed by atoms with van der Waals surface area (Å²) in [6.07, 6.45) is 4.38. The predicted molar refractivity (Wildman–Crippen MR) is 64.7 cm³/mol. The molecule has 0 amide bonds. The van der Waals surface area contributed by atoms with Crippen molar-refractivity contribution >= 4 is 21.1 Å². The normalized spacial score (nSPS) is 12.9. The van der Waals surface area contributed by atoms with Gasteiger partial charge in [0.05, 0.1) is 13.2 Å². The Hall–Kier alpha value is 0.427. The average molecular weight is 239 g/mol. The number of rotatable bonds is 9. The summed E-state index contributed by atoms with van der Waals surface area (Å²) < 4.78 is 11.1. The van der Waals surface area contributed by atoms with E-state index in [1.165, 1.54) is 0 Å². The van der Waals surface area contributed by atoms with E-state index in [1.807, 2.05) is 0 Å². The molecule has 0 spiro atoms. The van der Waals surface area contributed by atoms with Crippen LogP contribution in [0.25, 0.3) is 0 Å². The van der Waals surface area contributed by atoms with Crippen LogP contribution in [0, 0.1) is 0 Å². The molecular weight excluding hydrogens is 216 g/mol. The molecule has 0 fully saturated rings. The highest BCUT2D eigenvalue weighted by atomic mass is 35.5. The summed E-state index contributed by atoms with van der Waals surface area (Å²) in [5, 5.41) is 0. The number of hydrogen-bond donors (Lipinski definition) is 0. The van der Waals surface area contributed by atoms with E-state index in [0.717, 1.165) is 25.7 Å². The van der Waals surface area contributed by atoms with E-state index < -0.39 is 14.4 Å². The first-order chi connectivity index (χ1) is 6.68. The smallest absolute Gasteiger partial charge is 0.218 e. The molecule has 0 rings (SSSR count). The summed E-state index contributed by atoms with van der Waals surface area (Å²) in [5.74, 6) is 0. The maximum Gasteiger partial charge on any atom is 0.218 e. The Kier molecular flexibility index (Phi) is 8.98. The van der Waals surface area contributed by atoms with Crippen LogP contribution in [-0.4, -0.2) is 27.6 Å². The van der Waals surface area contributed by atoms with Crippen LogP contribution in [-0.2, 0) is 9.47 Å². The quantitative estimate of drug-likeness (QED) is 0.266. The molecule has 0 radical (unpaired) electrons. The molecule has 0 bridgehead atoms. The van der Waals surface area contributed by atoms with Crippen LogP contribution in [0.15, 0.2) is 0 Å². The summed E-state index contributed by atoms with van der Waals surface area (Å²) in [5.41, 5.74) is 0. The molecule has 0 aliphatic carbocycles. The lowest BCUT2D eigenvalue weighted by Crippen LogP contribution is -2.35. The zero-order chi connectivity index (χ0) is 10.9. The van der Waals surface area contributed by atoms with Gasteiger partial charge in [0.15, 0.2) is 0 Å². The van der Waals surface area contributed by atoms with Crippen LogP contribution in [0.3, 0.4) is 0 Å². The van der Waals surface area contributed by atoms with E-state index in [-0.39, 0.29) is 0 Å². The molecule has 0 aromatic rings. The molecule has 86 valence electrons. The third-order valence-corrected chi connectivity index (χ3v) is 4.33. The maximum atomic E-state index is 6.21. The van der Waals surface area contributed by atoms with Gasteiger partial charge in [-0.15, -0.1) is 0 Å². The van der Waals surface area contributed by atoms with Crippen LogP contribution in [0.1, 0.15) is 39.5 Å². The van der Waals surface area contributed by atoms with Crippen LogP contribution < -0.4 is 0 Å². The van der Waals surface area contributed by atoms with Gasteiger partial charge in [0.25, 0.3) is 0 Å². The Morgan fingerprint density at radius 2 is 1.50 bits per heavy atom. The predicted octanol–water partition coefficient (Wildman–Crippen LogP) is 2.69. The molecule has 0 heterocycles. The standard InChI is InChI=1S/C10H23ClO2Si/c1-4-6-8-12-10(11,14-3)13-9-7-5-2/h4-9,14H2,1-3H3. The molecule has 0 saturated heterocycles. The van der Waals surface area contributed by atoms with Gasteiger partial charge in [0.1, 0.15) is 9.52 Å². The van der Waals surface area contributed by atoms with E-state index >= 15 is 0 Å². The summed E-state index contributed by atoms with van der Waals surface area (Å²) in [6.45, 7) is 7.83. The van der Waals surface area contributed by atoms with E-state index in [4.69, 9.17) is 21.1 Å². The van der Waals surface area contributed by atoms with Crippen molar-refractivity contribution < 1.29 is 9.47 Å². The Morgan fingerprint density at radius 3 is 1.79 bits per heavy atom. The van der Waals surface area contributed by atoms with Gasteiger partial charge in [-0.25, -0.2) is 0 Å². The van der Waals surface area contributed by atoms with Crippen molar-refractivity contribution in [2.45, 2.75) is 50.9 Å². The highest BCUT2D eigenvalue weighted by molar-refractivity contribution is 6.53. The van der Waals surface area contributed by atoms with Gasteiger partial charge in [-0.05, 0) is 12.8 Å². The SMILES string of the molecule is CCCCOC(Cl)(OCCCC)[SiH2]C.